The number of anilines is 2. The Morgan fingerprint density at radius 3 is 2.48 bits per heavy atom. The Hall–Kier alpha value is -2.34. The topological polar surface area (TPSA) is 37.8 Å². The third kappa shape index (κ3) is 2.80. The highest BCUT2D eigenvalue weighted by atomic mass is 35.5. The second-order valence-corrected chi connectivity index (χ2v) is 6.55. The Bertz CT molecular complexity index is 934. The van der Waals surface area contributed by atoms with Gasteiger partial charge in [-0.05, 0) is 43.2 Å². The van der Waals surface area contributed by atoms with Gasteiger partial charge in [-0.15, -0.1) is 0 Å². The van der Waals surface area contributed by atoms with Gasteiger partial charge >= 0.3 is 6.18 Å². The summed E-state index contributed by atoms with van der Waals surface area (Å²) in [5.41, 5.74) is -0.464. The number of fused-ring (bicyclic) bond motifs is 1. The molecule has 0 unspecified atom stereocenters. The van der Waals surface area contributed by atoms with E-state index >= 15 is 0 Å². The molecule has 0 amide bonds. The summed E-state index contributed by atoms with van der Waals surface area (Å²) in [6, 6.07) is 12.2. The summed E-state index contributed by atoms with van der Waals surface area (Å²) in [6.07, 6.45) is -2.66. The third-order valence-corrected chi connectivity index (χ3v) is 4.79. The Labute approximate surface area is 146 Å². The Kier molecular flexibility index (Phi) is 3.61. The summed E-state index contributed by atoms with van der Waals surface area (Å²) in [5.74, 6) is 0.548. The minimum atomic E-state index is -4.26. The van der Waals surface area contributed by atoms with Crippen LogP contribution >= 0.6 is 11.6 Å². The van der Waals surface area contributed by atoms with Crippen molar-refractivity contribution in [1.29, 1.82) is 0 Å². The fraction of sp³-hybridized carbons (Fsp3) is 0.222. The molecule has 7 heteroatoms. The van der Waals surface area contributed by atoms with Crippen LogP contribution in [0.1, 0.15) is 18.5 Å². The van der Waals surface area contributed by atoms with Crippen LogP contribution in [-0.2, 0) is 5.41 Å². The van der Waals surface area contributed by atoms with Gasteiger partial charge in [0.05, 0.1) is 28.1 Å². The number of nitrogens with zero attached hydrogens (tertiary/aromatic N) is 2. The number of rotatable bonds is 3. The van der Waals surface area contributed by atoms with Crippen LogP contribution in [0.5, 0.6) is 0 Å². The van der Waals surface area contributed by atoms with Crippen LogP contribution in [0.25, 0.3) is 10.9 Å². The van der Waals surface area contributed by atoms with E-state index in [1.807, 2.05) is 18.2 Å². The lowest BCUT2D eigenvalue weighted by atomic mass is 10.0. The molecule has 2 heterocycles. The summed E-state index contributed by atoms with van der Waals surface area (Å²) < 4.78 is 39.4. The van der Waals surface area contributed by atoms with Gasteiger partial charge < -0.3 is 5.32 Å². The first-order valence-electron chi connectivity index (χ1n) is 7.75. The third-order valence-electron chi connectivity index (χ3n) is 4.49. The maximum Gasteiger partial charge on any atom is 0.399 e. The molecule has 1 aromatic carbocycles. The molecule has 1 aliphatic rings. The molecule has 0 bridgehead atoms. The Morgan fingerprint density at radius 1 is 1.04 bits per heavy atom. The van der Waals surface area contributed by atoms with Crippen molar-refractivity contribution in [1.82, 2.24) is 9.97 Å². The molecule has 0 radical (unpaired) electrons. The summed E-state index contributed by atoms with van der Waals surface area (Å²) >= 11 is 6.14. The Balaban J connectivity index is 1.59. The van der Waals surface area contributed by atoms with Gasteiger partial charge in [-0.25, -0.2) is 4.98 Å². The second kappa shape index (κ2) is 5.59. The first-order valence-corrected chi connectivity index (χ1v) is 8.12. The van der Waals surface area contributed by atoms with E-state index in [0.717, 1.165) is 5.39 Å². The number of alkyl halides is 3. The standard InChI is InChI=1S/C18H13ClF3N3/c19-13-3-1-2-11-4-7-15(25-16(11)13)24-12-5-6-14(23-10-12)17(8-9-17)18(20,21)22/h1-7,10H,8-9H2,(H,24,25). The molecule has 4 rings (SSSR count). The van der Waals surface area contributed by atoms with E-state index in [0.29, 0.717) is 22.0 Å². The van der Waals surface area contributed by atoms with E-state index in [2.05, 4.69) is 15.3 Å². The number of nitrogens with one attached hydrogen (secondary N) is 1. The molecule has 128 valence electrons. The average Bonchev–Trinajstić information content (AvgIpc) is 3.38. The number of hydrogen-bond donors (Lipinski definition) is 1. The minimum Gasteiger partial charge on any atom is -0.339 e. The number of para-hydroxylation sites is 1. The van der Waals surface area contributed by atoms with Gasteiger partial charge in [0.2, 0.25) is 0 Å². The van der Waals surface area contributed by atoms with Crippen molar-refractivity contribution < 1.29 is 13.2 Å². The normalized spacial score (nSPS) is 16.0. The Morgan fingerprint density at radius 2 is 1.84 bits per heavy atom. The first-order chi connectivity index (χ1) is 11.9. The van der Waals surface area contributed by atoms with Crippen molar-refractivity contribution in [2.24, 2.45) is 0 Å². The van der Waals surface area contributed by atoms with Crippen molar-refractivity contribution >= 4 is 34.0 Å². The summed E-state index contributed by atoms with van der Waals surface area (Å²) in [4.78, 5) is 8.46. The molecule has 25 heavy (non-hydrogen) atoms. The summed E-state index contributed by atoms with van der Waals surface area (Å²) in [6.45, 7) is 0. The zero-order valence-corrected chi connectivity index (χ0v) is 13.7. The van der Waals surface area contributed by atoms with Gasteiger partial charge in [0.15, 0.2) is 0 Å². The van der Waals surface area contributed by atoms with Crippen LogP contribution in [0.2, 0.25) is 5.02 Å². The molecule has 0 spiro atoms. The van der Waals surface area contributed by atoms with Crippen molar-refractivity contribution in [2.45, 2.75) is 24.4 Å². The van der Waals surface area contributed by atoms with Crippen molar-refractivity contribution in [3.05, 3.63) is 59.4 Å². The smallest absolute Gasteiger partial charge is 0.339 e. The lowest BCUT2D eigenvalue weighted by Gasteiger charge is -2.18. The van der Waals surface area contributed by atoms with E-state index < -0.39 is 11.6 Å². The van der Waals surface area contributed by atoms with Crippen LogP contribution in [-0.4, -0.2) is 16.1 Å². The molecule has 0 aliphatic heterocycles. The van der Waals surface area contributed by atoms with E-state index in [1.165, 1.54) is 12.3 Å². The quantitative estimate of drug-likeness (QED) is 0.656. The zero-order chi connectivity index (χ0) is 17.7. The predicted octanol–water partition coefficient (Wildman–Crippen LogP) is 5.62. The highest BCUT2D eigenvalue weighted by molar-refractivity contribution is 6.35. The maximum atomic E-state index is 13.1. The van der Waals surface area contributed by atoms with Crippen molar-refractivity contribution in [3.63, 3.8) is 0 Å². The number of benzene rings is 1. The molecule has 3 aromatic rings. The SMILES string of the molecule is FC(F)(F)C1(c2ccc(Nc3ccc4cccc(Cl)c4n3)cn2)CC1. The van der Waals surface area contributed by atoms with Crippen LogP contribution in [0.4, 0.5) is 24.7 Å². The fourth-order valence-corrected chi connectivity index (χ4v) is 3.11. The largest absolute Gasteiger partial charge is 0.399 e. The molecule has 1 aliphatic carbocycles. The van der Waals surface area contributed by atoms with Gasteiger partial charge in [0.1, 0.15) is 11.2 Å². The number of halogens is 4. The highest BCUT2D eigenvalue weighted by Crippen LogP contribution is 2.58. The lowest BCUT2D eigenvalue weighted by Crippen LogP contribution is -2.29. The predicted molar refractivity (Wildman–Crippen MR) is 91.2 cm³/mol. The summed E-state index contributed by atoms with van der Waals surface area (Å²) in [5, 5.41) is 4.49. The molecule has 1 fully saturated rings. The van der Waals surface area contributed by atoms with Crippen molar-refractivity contribution in [2.75, 3.05) is 5.32 Å². The number of pyridine rings is 2. The van der Waals surface area contributed by atoms with Gasteiger partial charge in [0.25, 0.3) is 0 Å². The average molecular weight is 364 g/mol. The molecule has 1 N–H and O–H groups in total. The lowest BCUT2D eigenvalue weighted by molar-refractivity contribution is -0.161. The molecule has 3 nitrogen and oxygen atoms in total. The van der Waals surface area contributed by atoms with Crippen LogP contribution < -0.4 is 5.32 Å². The maximum absolute atomic E-state index is 13.1. The van der Waals surface area contributed by atoms with E-state index in [-0.39, 0.29) is 18.5 Å². The molecular weight excluding hydrogens is 351 g/mol. The second-order valence-electron chi connectivity index (χ2n) is 6.15. The highest BCUT2D eigenvalue weighted by Gasteiger charge is 2.65. The van der Waals surface area contributed by atoms with E-state index in [1.54, 1.807) is 18.2 Å². The zero-order valence-electron chi connectivity index (χ0n) is 12.9. The number of hydrogen-bond acceptors (Lipinski definition) is 3. The number of aromatic nitrogens is 2. The monoisotopic (exact) mass is 363 g/mol. The first kappa shape index (κ1) is 16.1. The van der Waals surface area contributed by atoms with Gasteiger partial charge in [-0.3, -0.25) is 4.98 Å². The van der Waals surface area contributed by atoms with Gasteiger partial charge in [-0.1, -0.05) is 23.7 Å². The van der Waals surface area contributed by atoms with E-state index in [4.69, 9.17) is 11.6 Å². The van der Waals surface area contributed by atoms with Gasteiger partial charge in [0, 0.05) is 5.39 Å². The van der Waals surface area contributed by atoms with Crippen LogP contribution in [0.3, 0.4) is 0 Å². The van der Waals surface area contributed by atoms with Crippen LogP contribution in [0, 0.1) is 0 Å². The van der Waals surface area contributed by atoms with Gasteiger partial charge in [-0.2, -0.15) is 13.2 Å². The molecule has 1 saturated carbocycles. The van der Waals surface area contributed by atoms with Crippen LogP contribution in [0.15, 0.2) is 48.7 Å². The molecule has 0 atom stereocenters. The van der Waals surface area contributed by atoms with E-state index in [9.17, 15) is 13.2 Å². The molecule has 2 aromatic heterocycles. The minimum absolute atomic E-state index is 0.0695. The molecule has 0 saturated heterocycles. The summed E-state index contributed by atoms with van der Waals surface area (Å²) in [7, 11) is 0. The van der Waals surface area contributed by atoms with Crippen molar-refractivity contribution in [3.8, 4) is 0 Å². The molecular formula is C18H13ClF3N3. The fourth-order valence-electron chi connectivity index (χ4n) is 2.89.